The van der Waals surface area contributed by atoms with Crippen LogP contribution in [0.15, 0.2) is 48.5 Å². The second-order valence-electron chi connectivity index (χ2n) is 4.58. The van der Waals surface area contributed by atoms with Crippen LogP contribution in [0.4, 0.5) is 5.69 Å². The molecule has 0 aliphatic heterocycles. The molecule has 0 bridgehead atoms. The number of hydrogen-bond donors (Lipinski definition) is 1. The van der Waals surface area contributed by atoms with Crippen LogP contribution >= 0.6 is 11.6 Å². The van der Waals surface area contributed by atoms with Crippen molar-refractivity contribution in [2.45, 2.75) is 19.4 Å². The van der Waals surface area contributed by atoms with Gasteiger partial charge in [0.05, 0.1) is 12.8 Å². The van der Waals surface area contributed by atoms with Crippen molar-refractivity contribution in [3.8, 4) is 5.75 Å². The highest BCUT2D eigenvalue weighted by molar-refractivity contribution is 6.30. The van der Waals surface area contributed by atoms with Gasteiger partial charge in [0.1, 0.15) is 5.75 Å². The van der Waals surface area contributed by atoms with Gasteiger partial charge in [-0.3, -0.25) is 0 Å². The molecule has 0 heterocycles. The van der Waals surface area contributed by atoms with Crippen molar-refractivity contribution in [2.75, 3.05) is 12.4 Å². The number of methoxy groups -OCH3 is 1. The van der Waals surface area contributed by atoms with Crippen molar-refractivity contribution in [3.63, 3.8) is 0 Å². The number of ether oxygens (including phenoxy) is 1. The van der Waals surface area contributed by atoms with E-state index in [1.54, 1.807) is 7.11 Å². The van der Waals surface area contributed by atoms with Gasteiger partial charge < -0.3 is 10.1 Å². The van der Waals surface area contributed by atoms with E-state index in [1.165, 1.54) is 5.56 Å². The molecule has 0 spiro atoms. The second-order valence-corrected chi connectivity index (χ2v) is 5.01. The van der Waals surface area contributed by atoms with Crippen molar-refractivity contribution in [3.05, 3.63) is 59.1 Å². The monoisotopic (exact) mass is 275 g/mol. The van der Waals surface area contributed by atoms with Gasteiger partial charge >= 0.3 is 0 Å². The maximum Gasteiger partial charge on any atom is 0.141 e. The topological polar surface area (TPSA) is 21.3 Å². The van der Waals surface area contributed by atoms with Gasteiger partial charge in [-0.1, -0.05) is 35.9 Å². The number of para-hydroxylation sites is 2. The Morgan fingerprint density at radius 3 is 2.47 bits per heavy atom. The van der Waals surface area contributed by atoms with Crippen LogP contribution in [0, 0.1) is 0 Å². The Balaban J connectivity index is 2.01. The standard InChI is InChI=1S/C16H18ClNO/c1-12(11-13-7-9-14(17)10-8-13)18-15-5-3-4-6-16(15)19-2/h3-10,12,18H,11H2,1-2H3. The van der Waals surface area contributed by atoms with Crippen LogP contribution in [0.2, 0.25) is 5.02 Å². The van der Waals surface area contributed by atoms with Gasteiger partial charge in [0.15, 0.2) is 0 Å². The summed E-state index contributed by atoms with van der Waals surface area (Å²) in [4.78, 5) is 0. The normalized spacial score (nSPS) is 11.9. The summed E-state index contributed by atoms with van der Waals surface area (Å²) in [7, 11) is 1.68. The van der Waals surface area contributed by atoms with Gasteiger partial charge in [-0.05, 0) is 43.2 Å². The summed E-state index contributed by atoms with van der Waals surface area (Å²) in [6.45, 7) is 2.15. The third kappa shape index (κ3) is 3.90. The number of anilines is 1. The summed E-state index contributed by atoms with van der Waals surface area (Å²) in [5, 5.41) is 4.24. The first-order valence-electron chi connectivity index (χ1n) is 6.33. The molecule has 0 saturated carbocycles. The van der Waals surface area contributed by atoms with Crippen molar-refractivity contribution >= 4 is 17.3 Å². The first-order chi connectivity index (χ1) is 9.19. The zero-order chi connectivity index (χ0) is 13.7. The number of rotatable bonds is 5. The summed E-state index contributed by atoms with van der Waals surface area (Å²) in [6, 6.07) is 16.2. The lowest BCUT2D eigenvalue weighted by molar-refractivity contribution is 0.416. The maximum absolute atomic E-state index is 5.89. The predicted octanol–water partition coefficient (Wildman–Crippen LogP) is 4.39. The third-order valence-corrected chi connectivity index (χ3v) is 3.22. The first-order valence-corrected chi connectivity index (χ1v) is 6.71. The number of nitrogens with one attached hydrogen (secondary N) is 1. The number of hydrogen-bond acceptors (Lipinski definition) is 2. The van der Waals surface area contributed by atoms with Crippen LogP contribution in [0.1, 0.15) is 12.5 Å². The van der Waals surface area contributed by atoms with Gasteiger partial charge in [-0.15, -0.1) is 0 Å². The van der Waals surface area contributed by atoms with Crippen molar-refractivity contribution in [2.24, 2.45) is 0 Å². The van der Waals surface area contributed by atoms with Crippen LogP contribution in [0.5, 0.6) is 5.75 Å². The molecule has 2 aromatic carbocycles. The lowest BCUT2D eigenvalue weighted by atomic mass is 10.1. The van der Waals surface area contributed by atoms with Crippen LogP contribution in [0.25, 0.3) is 0 Å². The molecule has 2 rings (SSSR count). The second kappa shape index (κ2) is 6.48. The zero-order valence-corrected chi connectivity index (χ0v) is 11.9. The van der Waals surface area contributed by atoms with E-state index in [2.05, 4.69) is 24.4 Å². The fourth-order valence-electron chi connectivity index (χ4n) is 2.05. The van der Waals surface area contributed by atoms with Gasteiger partial charge in [0.25, 0.3) is 0 Å². The molecular formula is C16H18ClNO. The Morgan fingerprint density at radius 2 is 1.79 bits per heavy atom. The van der Waals surface area contributed by atoms with E-state index in [-0.39, 0.29) is 0 Å². The van der Waals surface area contributed by atoms with E-state index in [0.717, 1.165) is 22.9 Å². The summed E-state index contributed by atoms with van der Waals surface area (Å²) in [6.07, 6.45) is 0.940. The molecular weight excluding hydrogens is 258 g/mol. The summed E-state index contributed by atoms with van der Waals surface area (Å²) in [5.41, 5.74) is 2.28. The van der Waals surface area contributed by atoms with E-state index in [9.17, 15) is 0 Å². The maximum atomic E-state index is 5.89. The molecule has 0 radical (unpaired) electrons. The molecule has 1 N–H and O–H groups in total. The quantitative estimate of drug-likeness (QED) is 0.874. The van der Waals surface area contributed by atoms with E-state index in [1.807, 2.05) is 36.4 Å². The number of halogens is 1. The van der Waals surface area contributed by atoms with Crippen LogP contribution < -0.4 is 10.1 Å². The Morgan fingerprint density at radius 1 is 1.11 bits per heavy atom. The SMILES string of the molecule is COc1ccccc1NC(C)Cc1ccc(Cl)cc1. The average molecular weight is 276 g/mol. The van der Waals surface area contributed by atoms with Crippen LogP contribution in [0.3, 0.4) is 0 Å². The van der Waals surface area contributed by atoms with E-state index in [4.69, 9.17) is 16.3 Å². The molecule has 0 saturated heterocycles. The van der Waals surface area contributed by atoms with Gasteiger partial charge in [-0.25, -0.2) is 0 Å². The smallest absolute Gasteiger partial charge is 0.141 e. The fraction of sp³-hybridized carbons (Fsp3) is 0.250. The Hall–Kier alpha value is -1.67. The van der Waals surface area contributed by atoms with E-state index >= 15 is 0 Å². The molecule has 1 unspecified atom stereocenters. The average Bonchev–Trinajstić information content (AvgIpc) is 2.42. The van der Waals surface area contributed by atoms with Crippen LogP contribution in [-0.4, -0.2) is 13.2 Å². The Kier molecular flexibility index (Phi) is 4.69. The lowest BCUT2D eigenvalue weighted by Gasteiger charge is -2.17. The largest absolute Gasteiger partial charge is 0.495 e. The molecule has 100 valence electrons. The molecule has 0 aliphatic carbocycles. The van der Waals surface area contributed by atoms with Crippen molar-refractivity contribution in [1.82, 2.24) is 0 Å². The van der Waals surface area contributed by atoms with E-state index < -0.39 is 0 Å². The fourth-order valence-corrected chi connectivity index (χ4v) is 2.18. The first kappa shape index (κ1) is 13.8. The minimum Gasteiger partial charge on any atom is -0.495 e. The molecule has 3 heteroatoms. The van der Waals surface area contributed by atoms with Crippen LogP contribution in [-0.2, 0) is 6.42 Å². The van der Waals surface area contributed by atoms with Gasteiger partial charge in [-0.2, -0.15) is 0 Å². The van der Waals surface area contributed by atoms with Gasteiger partial charge in [0.2, 0.25) is 0 Å². The Bertz CT molecular complexity index is 525. The molecule has 19 heavy (non-hydrogen) atoms. The van der Waals surface area contributed by atoms with Gasteiger partial charge in [0, 0.05) is 11.1 Å². The molecule has 0 fully saturated rings. The Labute approximate surface area is 119 Å². The highest BCUT2D eigenvalue weighted by Gasteiger charge is 2.07. The summed E-state index contributed by atoms with van der Waals surface area (Å²) in [5.74, 6) is 0.866. The predicted molar refractivity (Wildman–Crippen MR) is 81.2 cm³/mol. The van der Waals surface area contributed by atoms with E-state index in [0.29, 0.717) is 6.04 Å². The molecule has 0 amide bonds. The molecule has 2 aromatic rings. The minimum absolute atomic E-state index is 0.317. The zero-order valence-electron chi connectivity index (χ0n) is 11.2. The van der Waals surface area contributed by atoms with Crippen molar-refractivity contribution in [1.29, 1.82) is 0 Å². The minimum atomic E-state index is 0.317. The summed E-state index contributed by atoms with van der Waals surface area (Å²) < 4.78 is 5.33. The highest BCUT2D eigenvalue weighted by Crippen LogP contribution is 2.24. The third-order valence-electron chi connectivity index (χ3n) is 2.96. The van der Waals surface area contributed by atoms with Crippen molar-refractivity contribution < 1.29 is 4.74 Å². The molecule has 2 nitrogen and oxygen atoms in total. The molecule has 0 aromatic heterocycles. The molecule has 0 aliphatic rings. The lowest BCUT2D eigenvalue weighted by Crippen LogP contribution is -2.18. The summed E-state index contributed by atoms with van der Waals surface area (Å²) >= 11 is 5.89. The number of benzene rings is 2. The highest BCUT2D eigenvalue weighted by atomic mass is 35.5. The molecule has 1 atom stereocenters.